The third kappa shape index (κ3) is 3.48. The molecule has 0 bridgehead atoms. The fraction of sp³-hybridized carbons (Fsp3) is 0.533. The summed E-state index contributed by atoms with van der Waals surface area (Å²) in [6, 6.07) is 7.23. The Labute approximate surface area is 130 Å². The van der Waals surface area contributed by atoms with Crippen molar-refractivity contribution in [2.75, 3.05) is 6.54 Å². The van der Waals surface area contributed by atoms with Gasteiger partial charge in [0, 0.05) is 17.5 Å². The van der Waals surface area contributed by atoms with Crippen LogP contribution in [0.1, 0.15) is 37.8 Å². The topological polar surface area (TPSA) is 98.2 Å². The minimum atomic E-state index is -3.49. The maximum Gasteiger partial charge on any atom is 0.217 e. The molecule has 0 saturated heterocycles. The predicted molar refractivity (Wildman–Crippen MR) is 84.6 cm³/mol. The van der Waals surface area contributed by atoms with E-state index in [1.54, 1.807) is 6.07 Å². The molecular weight excluding hydrogens is 302 g/mol. The van der Waals surface area contributed by atoms with E-state index >= 15 is 0 Å². The number of nitrogens with two attached hydrogens (primary N) is 1. The SMILES string of the molecule is NC1(CNS(=O)(=O)Cc2noc3ccccc23)CCCCC1. The summed E-state index contributed by atoms with van der Waals surface area (Å²) in [4.78, 5) is 0. The minimum Gasteiger partial charge on any atom is -0.356 e. The van der Waals surface area contributed by atoms with E-state index in [1.807, 2.05) is 18.2 Å². The van der Waals surface area contributed by atoms with E-state index in [0.29, 0.717) is 11.3 Å². The van der Waals surface area contributed by atoms with Crippen molar-refractivity contribution in [3.05, 3.63) is 30.0 Å². The zero-order valence-corrected chi connectivity index (χ0v) is 13.2. The Balaban J connectivity index is 1.68. The van der Waals surface area contributed by atoms with E-state index in [9.17, 15) is 8.42 Å². The molecule has 1 aliphatic carbocycles. The minimum absolute atomic E-state index is 0.194. The first-order valence-electron chi connectivity index (χ1n) is 7.57. The quantitative estimate of drug-likeness (QED) is 0.876. The summed E-state index contributed by atoms with van der Waals surface area (Å²) < 4.78 is 32.3. The molecule has 0 spiro atoms. The van der Waals surface area contributed by atoms with Gasteiger partial charge in [-0.1, -0.05) is 36.6 Å². The molecular formula is C15H21N3O3S. The van der Waals surface area contributed by atoms with Gasteiger partial charge in [0.2, 0.25) is 10.0 Å². The van der Waals surface area contributed by atoms with Gasteiger partial charge < -0.3 is 10.3 Å². The standard InChI is InChI=1S/C15H21N3O3S/c16-15(8-4-1-5-9-15)11-17-22(19,20)10-13-12-6-2-3-7-14(12)21-18-13/h2-3,6-7,17H,1,4-5,8-11,16H2. The fourth-order valence-corrected chi connectivity index (χ4v) is 4.14. The number of nitrogens with zero attached hydrogens (tertiary/aromatic N) is 1. The smallest absolute Gasteiger partial charge is 0.217 e. The molecule has 1 saturated carbocycles. The zero-order chi connectivity index (χ0) is 15.6. The van der Waals surface area contributed by atoms with Crippen LogP contribution in [0.2, 0.25) is 0 Å². The van der Waals surface area contributed by atoms with Crippen molar-refractivity contribution in [3.8, 4) is 0 Å². The van der Waals surface area contributed by atoms with Gasteiger partial charge in [-0.25, -0.2) is 13.1 Å². The van der Waals surface area contributed by atoms with Crippen LogP contribution < -0.4 is 10.5 Å². The van der Waals surface area contributed by atoms with Crippen molar-refractivity contribution >= 4 is 21.0 Å². The molecule has 1 aromatic heterocycles. The first-order chi connectivity index (χ1) is 10.5. The molecule has 1 fully saturated rings. The number of rotatable bonds is 5. The molecule has 3 rings (SSSR count). The summed E-state index contributed by atoms with van der Waals surface area (Å²) in [6.07, 6.45) is 5.03. The third-order valence-corrected chi connectivity index (χ3v) is 5.51. The molecule has 1 aromatic carbocycles. The van der Waals surface area contributed by atoms with Crippen molar-refractivity contribution < 1.29 is 12.9 Å². The van der Waals surface area contributed by atoms with Gasteiger partial charge in [0.05, 0.1) is 0 Å². The average molecular weight is 323 g/mol. The van der Waals surface area contributed by atoms with Gasteiger partial charge in [-0.2, -0.15) is 0 Å². The molecule has 0 atom stereocenters. The largest absolute Gasteiger partial charge is 0.356 e. The monoisotopic (exact) mass is 323 g/mol. The summed E-state index contributed by atoms with van der Waals surface area (Å²) in [7, 11) is -3.49. The number of fused-ring (bicyclic) bond motifs is 1. The lowest BCUT2D eigenvalue weighted by Crippen LogP contribution is -2.51. The highest BCUT2D eigenvalue weighted by Gasteiger charge is 2.29. The number of para-hydroxylation sites is 1. The van der Waals surface area contributed by atoms with Crippen LogP contribution in [0.25, 0.3) is 11.0 Å². The van der Waals surface area contributed by atoms with E-state index < -0.39 is 15.6 Å². The summed E-state index contributed by atoms with van der Waals surface area (Å²) in [6.45, 7) is 0.283. The molecule has 3 N–H and O–H groups in total. The second-order valence-electron chi connectivity index (χ2n) is 6.13. The first kappa shape index (κ1) is 15.5. The number of sulfonamides is 1. The number of benzene rings is 1. The molecule has 1 heterocycles. The lowest BCUT2D eigenvalue weighted by atomic mass is 9.83. The van der Waals surface area contributed by atoms with Crippen LogP contribution in [0, 0.1) is 0 Å². The lowest BCUT2D eigenvalue weighted by Gasteiger charge is -2.33. The molecule has 0 amide bonds. The van der Waals surface area contributed by atoms with Gasteiger partial charge >= 0.3 is 0 Å². The molecule has 0 radical (unpaired) electrons. The van der Waals surface area contributed by atoms with E-state index in [-0.39, 0.29) is 12.3 Å². The zero-order valence-electron chi connectivity index (χ0n) is 12.4. The Morgan fingerprint density at radius 1 is 1.23 bits per heavy atom. The van der Waals surface area contributed by atoms with E-state index in [4.69, 9.17) is 10.3 Å². The summed E-state index contributed by atoms with van der Waals surface area (Å²) in [5.74, 6) is -0.194. The molecule has 7 heteroatoms. The van der Waals surface area contributed by atoms with Gasteiger partial charge in [0.15, 0.2) is 5.58 Å². The second-order valence-corrected chi connectivity index (χ2v) is 7.94. The second kappa shape index (κ2) is 5.98. The number of hydrogen-bond donors (Lipinski definition) is 2. The summed E-state index contributed by atoms with van der Waals surface area (Å²) >= 11 is 0. The Bertz CT molecular complexity index is 748. The molecule has 0 unspecified atom stereocenters. The third-order valence-electron chi connectivity index (χ3n) is 4.27. The number of nitrogens with one attached hydrogen (secondary N) is 1. The fourth-order valence-electron chi connectivity index (χ4n) is 2.96. The highest BCUT2D eigenvalue weighted by Crippen LogP contribution is 2.25. The van der Waals surface area contributed by atoms with Gasteiger partial charge in [-0.3, -0.25) is 0 Å². The number of hydrogen-bond acceptors (Lipinski definition) is 5. The Hall–Kier alpha value is -1.44. The van der Waals surface area contributed by atoms with Crippen LogP contribution in [-0.4, -0.2) is 25.7 Å². The van der Waals surface area contributed by atoms with Crippen molar-refractivity contribution in [1.82, 2.24) is 9.88 Å². The molecule has 120 valence electrons. The van der Waals surface area contributed by atoms with Crippen LogP contribution in [0.15, 0.2) is 28.8 Å². The van der Waals surface area contributed by atoms with Crippen molar-refractivity contribution in [3.63, 3.8) is 0 Å². The maximum atomic E-state index is 12.3. The van der Waals surface area contributed by atoms with E-state index in [1.165, 1.54) is 6.42 Å². The van der Waals surface area contributed by atoms with Gasteiger partial charge in [0.25, 0.3) is 0 Å². The Morgan fingerprint density at radius 2 is 1.95 bits per heavy atom. The summed E-state index contributed by atoms with van der Waals surface area (Å²) in [5.41, 5.74) is 6.87. The number of aromatic nitrogens is 1. The van der Waals surface area contributed by atoms with Crippen LogP contribution in [0.3, 0.4) is 0 Å². The highest BCUT2D eigenvalue weighted by molar-refractivity contribution is 7.88. The van der Waals surface area contributed by atoms with Crippen molar-refractivity contribution in [2.45, 2.75) is 43.4 Å². The highest BCUT2D eigenvalue weighted by atomic mass is 32.2. The molecule has 0 aliphatic heterocycles. The average Bonchev–Trinajstić information content (AvgIpc) is 2.89. The van der Waals surface area contributed by atoms with Crippen LogP contribution in [0.4, 0.5) is 0 Å². The Morgan fingerprint density at radius 3 is 2.73 bits per heavy atom. The van der Waals surface area contributed by atoms with Gasteiger partial charge in [-0.05, 0) is 25.0 Å². The van der Waals surface area contributed by atoms with Gasteiger partial charge in [0.1, 0.15) is 11.4 Å². The van der Waals surface area contributed by atoms with Crippen LogP contribution in [-0.2, 0) is 15.8 Å². The van der Waals surface area contributed by atoms with Crippen LogP contribution in [0.5, 0.6) is 0 Å². The molecule has 6 nitrogen and oxygen atoms in total. The first-order valence-corrected chi connectivity index (χ1v) is 9.22. The van der Waals surface area contributed by atoms with Crippen molar-refractivity contribution in [1.29, 1.82) is 0 Å². The van der Waals surface area contributed by atoms with E-state index in [2.05, 4.69) is 9.88 Å². The summed E-state index contributed by atoms with van der Waals surface area (Å²) in [5, 5.41) is 4.60. The normalized spacial score (nSPS) is 18.6. The molecule has 2 aromatic rings. The lowest BCUT2D eigenvalue weighted by molar-refractivity contribution is 0.296. The Kier molecular flexibility index (Phi) is 4.20. The van der Waals surface area contributed by atoms with Crippen LogP contribution >= 0.6 is 0 Å². The van der Waals surface area contributed by atoms with Crippen molar-refractivity contribution in [2.24, 2.45) is 5.73 Å². The molecule has 1 aliphatic rings. The predicted octanol–water partition coefficient (Wildman–Crippen LogP) is 1.91. The van der Waals surface area contributed by atoms with E-state index in [0.717, 1.165) is 31.1 Å². The maximum absolute atomic E-state index is 12.3. The van der Waals surface area contributed by atoms with Gasteiger partial charge in [-0.15, -0.1) is 0 Å². The molecule has 22 heavy (non-hydrogen) atoms.